The molecule has 0 aliphatic carbocycles. The highest BCUT2D eigenvalue weighted by Gasteiger charge is 2.27. The number of thioether (sulfide) groups is 1. The van der Waals surface area contributed by atoms with Crippen molar-refractivity contribution in [1.82, 2.24) is 15.5 Å². The Morgan fingerprint density at radius 3 is 3.15 bits per heavy atom. The lowest BCUT2D eigenvalue weighted by atomic mass is 10.2. The van der Waals surface area contributed by atoms with Gasteiger partial charge in [-0.2, -0.15) is 4.98 Å². The Bertz CT molecular complexity index is 587. The van der Waals surface area contributed by atoms with Gasteiger partial charge in [0.05, 0.1) is 17.9 Å². The number of benzene rings is 1. The average molecular weight is 291 g/mol. The Balaban J connectivity index is 1.60. The lowest BCUT2D eigenvalue weighted by molar-refractivity contribution is 0.191. The van der Waals surface area contributed by atoms with Crippen LogP contribution >= 0.6 is 11.8 Å². The summed E-state index contributed by atoms with van der Waals surface area (Å²) in [5, 5.41) is 16.6. The molecule has 2 N–H and O–H groups in total. The number of hydrogen-bond acceptors (Lipinski definition) is 6. The maximum absolute atomic E-state index is 9.49. The van der Waals surface area contributed by atoms with Crippen LogP contribution in [0, 0.1) is 6.92 Å². The second kappa shape index (κ2) is 5.95. The van der Waals surface area contributed by atoms with Gasteiger partial charge in [-0.25, -0.2) is 0 Å². The van der Waals surface area contributed by atoms with E-state index in [1.807, 2.05) is 6.07 Å². The first-order chi connectivity index (χ1) is 9.70. The van der Waals surface area contributed by atoms with Gasteiger partial charge in [0.1, 0.15) is 0 Å². The Morgan fingerprint density at radius 2 is 2.40 bits per heavy atom. The van der Waals surface area contributed by atoms with Crippen LogP contribution < -0.4 is 5.32 Å². The standard InChI is InChI=1S/C14H17N3O2S/c1-9-3-2-4-11(5-9)20-8-13-16-14(19-17-13)12-6-10(18)7-15-12/h2-5,10,12,15,18H,6-8H2,1H3/t10-,12-/m0/s1. The fraction of sp³-hybridized carbons (Fsp3) is 0.429. The lowest BCUT2D eigenvalue weighted by Gasteiger charge is -2.01. The topological polar surface area (TPSA) is 71.2 Å². The minimum absolute atomic E-state index is 0.0183. The fourth-order valence-electron chi connectivity index (χ4n) is 2.23. The van der Waals surface area contributed by atoms with Gasteiger partial charge in [0.2, 0.25) is 5.89 Å². The van der Waals surface area contributed by atoms with Gasteiger partial charge in [-0.1, -0.05) is 22.9 Å². The smallest absolute Gasteiger partial charge is 0.243 e. The predicted molar refractivity (Wildman–Crippen MR) is 76.4 cm³/mol. The first-order valence-corrected chi connectivity index (χ1v) is 7.62. The first kappa shape index (κ1) is 13.6. The van der Waals surface area contributed by atoms with E-state index in [9.17, 15) is 5.11 Å². The molecule has 2 aromatic rings. The van der Waals surface area contributed by atoms with Crippen LogP contribution in [0.25, 0.3) is 0 Å². The molecule has 3 rings (SSSR count). The van der Waals surface area contributed by atoms with Crippen LogP contribution in [0.5, 0.6) is 0 Å². The van der Waals surface area contributed by atoms with Gasteiger partial charge in [-0.05, 0) is 25.5 Å². The number of rotatable bonds is 4. The van der Waals surface area contributed by atoms with Crippen molar-refractivity contribution in [2.75, 3.05) is 6.54 Å². The minimum Gasteiger partial charge on any atom is -0.392 e. The molecule has 0 spiro atoms. The molecule has 5 nitrogen and oxygen atoms in total. The van der Waals surface area contributed by atoms with Gasteiger partial charge in [-0.15, -0.1) is 11.8 Å². The zero-order valence-corrected chi connectivity index (χ0v) is 12.1. The maximum atomic E-state index is 9.49. The summed E-state index contributed by atoms with van der Waals surface area (Å²) in [5.41, 5.74) is 1.24. The van der Waals surface area contributed by atoms with Gasteiger partial charge >= 0.3 is 0 Å². The van der Waals surface area contributed by atoms with Crippen molar-refractivity contribution in [2.45, 2.75) is 36.1 Å². The quantitative estimate of drug-likeness (QED) is 0.840. The summed E-state index contributed by atoms with van der Waals surface area (Å²) in [6.45, 7) is 2.66. The third kappa shape index (κ3) is 3.20. The molecule has 0 unspecified atom stereocenters. The van der Waals surface area contributed by atoms with Crippen molar-refractivity contribution in [2.24, 2.45) is 0 Å². The molecule has 1 aliphatic heterocycles. The minimum atomic E-state index is -0.322. The number of nitrogens with zero attached hydrogens (tertiary/aromatic N) is 2. The summed E-state index contributed by atoms with van der Waals surface area (Å²) in [6.07, 6.45) is 0.309. The average Bonchev–Trinajstić information content (AvgIpc) is 3.05. The molecule has 20 heavy (non-hydrogen) atoms. The molecule has 106 valence electrons. The normalized spacial score (nSPS) is 22.3. The van der Waals surface area contributed by atoms with Gasteiger partial charge in [0.25, 0.3) is 0 Å². The van der Waals surface area contributed by atoms with Gasteiger partial charge < -0.3 is 14.9 Å². The number of aliphatic hydroxyl groups is 1. The Kier molecular flexibility index (Phi) is 4.05. The highest BCUT2D eigenvalue weighted by molar-refractivity contribution is 7.98. The van der Waals surface area contributed by atoms with Gasteiger partial charge in [0, 0.05) is 11.4 Å². The van der Waals surface area contributed by atoms with E-state index in [1.165, 1.54) is 10.5 Å². The van der Waals surface area contributed by atoms with E-state index in [2.05, 4.69) is 40.6 Å². The molecule has 0 saturated carbocycles. The van der Waals surface area contributed by atoms with Crippen LogP contribution in [0.2, 0.25) is 0 Å². The number of aryl methyl sites for hydroxylation is 1. The fourth-order valence-corrected chi connectivity index (χ4v) is 3.08. The van der Waals surface area contributed by atoms with E-state index >= 15 is 0 Å². The summed E-state index contributed by atoms with van der Waals surface area (Å²) in [5.74, 6) is 1.94. The van der Waals surface area contributed by atoms with Crippen molar-refractivity contribution in [1.29, 1.82) is 0 Å². The molecular formula is C14H17N3O2S. The summed E-state index contributed by atoms with van der Waals surface area (Å²) in [7, 11) is 0. The second-order valence-corrected chi connectivity index (χ2v) is 6.05. The van der Waals surface area contributed by atoms with Crippen molar-refractivity contribution in [3.63, 3.8) is 0 Å². The summed E-state index contributed by atoms with van der Waals surface area (Å²) in [6, 6.07) is 8.32. The van der Waals surface area contributed by atoms with E-state index in [0.717, 1.165) is 0 Å². The molecule has 2 heterocycles. The largest absolute Gasteiger partial charge is 0.392 e. The molecule has 2 atom stereocenters. The molecule has 1 saturated heterocycles. The van der Waals surface area contributed by atoms with Crippen molar-refractivity contribution >= 4 is 11.8 Å². The Labute approximate surface area is 121 Å². The monoisotopic (exact) mass is 291 g/mol. The third-order valence-electron chi connectivity index (χ3n) is 3.25. The van der Waals surface area contributed by atoms with E-state index < -0.39 is 0 Å². The van der Waals surface area contributed by atoms with Crippen LogP contribution in [0.15, 0.2) is 33.7 Å². The number of nitrogens with one attached hydrogen (secondary N) is 1. The summed E-state index contributed by atoms with van der Waals surface area (Å²) >= 11 is 1.69. The highest BCUT2D eigenvalue weighted by Crippen LogP contribution is 2.25. The van der Waals surface area contributed by atoms with Gasteiger partial charge in [0.15, 0.2) is 5.82 Å². The third-order valence-corrected chi connectivity index (χ3v) is 4.24. The lowest BCUT2D eigenvalue weighted by Crippen LogP contribution is -2.15. The molecule has 1 aliphatic rings. The molecule has 1 fully saturated rings. The zero-order valence-electron chi connectivity index (χ0n) is 11.2. The van der Waals surface area contributed by atoms with E-state index in [0.29, 0.717) is 30.4 Å². The maximum Gasteiger partial charge on any atom is 0.243 e. The zero-order chi connectivity index (χ0) is 13.9. The molecule has 1 aromatic carbocycles. The second-order valence-electron chi connectivity index (χ2n) is 5.00. The van der Waals surface area contributed by atoms with Gasteiger partial charge in [-0.3, -0.25) is 0 Å². The predicted octanol–water partition coefficient (Wildman–Crippen LogP) is 2.07. The SMILES string of the molecule is Cc1cccc(SCc2noc([C@@H]3C[C@H](O)CN3)n2)c1. The molecular weight excluding hydrogens is 274 g/mol. The van der Waals surface area contributed by atoms with Crippen LogP contribution in [0.4, 0.5) is 0 Å². The summed E-state index contributed by atoms with van der Waals surface area (Å²) in [4.78, 5) is 5.59. The molecule has 6 heteroatoms. The van der Waals surface area contributed by atoms with Crippen LogP contribution in [0.1, 0.15) is 29.7 Å². The first-order valence-electron chi connectivity index (χ1n) is 6.64. The molecule has 0 radical (unpaired) electrons. The molecule has 1 aromatic heterocycles. The van der Waals surface area contributed by atoms with Crippen LogP contribution in [0.3, 0.4) is 0 Å². The van der Waals surface area contributed by atoms with Crippen molar-refractivity contribution < 1.29 is 9.63 Å². The summed E-state index contributed by atoms with van der Waals surface area (Å²) < 4.78 is 5.26. The Hall–Kier alpha value is -1.37. The van der Waals surface area contributed by atoms with Crippen LogP contribution in [-0.2, 0) is 5.75 Å². The number of aromatic nitrogens is 2. The van der Waals surface area contributed by atoms with Crippen LogP contribution in [-0.4, -0.2) is 27.9 Å². The molecule has 0 bridgehead atoms. The van der Waals surface area contributed by atoms with Crippen molar-refractivity contribution in [3.05, 3.63) is 41.5 Å². The van der Waals surface area contributed by atoms with E-state index in [4.69, 9.17) is 4.52 Å². The number of aliphatic hydroxyl groups excluding tert-OH is 1. The van der Waals surface area contributed by atoms with Crippen molar-refractivity contribution in [3.8, 4) is 0 Å². The van der Waals surface area contributed by atoms with E-state index in [1.54, 1.807) is 11.8 Å². The molecule has 0 amide bonds. The highest BCUT2D eigenvalue weighted by atomic mass is 32.2. The number of β-amino-alcohol motifs (C(OH)–C–C–N with tert-alkyl or cyclic N) is 1. The Morgan fingerprint density at radius 1 is 1.50 bits per heavy atom. The number of hydrogen-bond donors (Lipinski definition) is 2. The van der Waals surface area contributed by atoms with E-state index in [-0.39, 0.29) is 12.1 Å².